The van der Waals surface area contributed by atoms with Crippen molar-refractivity contribution in [3.63, 3.8) is 0 Å². The fourth-order valence-corrected chi connectivity index (χ4v) is 2.96. The number of carbonyl (C=O) groups excluding carboxylic acids is 1. The molecule has 0 radical (unpaired) electrons. The average molecular weight is 406 g/mol. The highest BCUT2D eigenvalue weighted by Gasteiger charge is 2.10. The Morgan fingerprint density at radius 3 is 2.30 bits per heavy atom. The molecule has 2 N–H and O–H groups in total. The molecular formula is C24H26N2O4. The molecule has 1 amide bonds. The number of anilines is 2. The van der Waals surface area contributed by atoms with E-state index in [2.05, 4.69) is 17.6 Å². The first-order chi connectivity index (χ1) is 14.6. The van der Waals surface area contributed by atoms with Crippen LogP contribution < -0.4 is 24.8 Å². The largest absolute Gasteiger partial charge is 0.497 e. The number of para-hydroxylation sites is 1. The number of benzene rings is 3. The zero-order valence-corrected chi connectivity index (χ0v) is 17.4. The molecule has 0 aliphatic heterocycles. The van der Waals surface area contributed by atoms with Crippen molar-refractivity contribution >= 4 is 17.3 Å². The minimum Gasteiger partial charge on any atom is -0.497 e. The Balaban J connectivity index is 1.66. The average Bonchev–Trinajstić information content (AvgIpc) is 2.78. The SMILES string of the molecule is CCc1ccccc1NC(=O)CNc1ccc(OC)c(Oc2ccc(OC)cc2)c1. The molecule has 30 heavy (non-hydrogen) atoms. The van der Waals surface area contributed by atoms with Crippen LogP contribution in [0.2, 0.25) is 0 Å². The summed E-state index contributed by atoms with van der Waals surface area (Å²) < 4.78 is 16.5. The van der Waals surface area contributed by atoms with Crippen molar-refractivity contribution in [1.82, 2.24) is 0 Å². The van der Waals surface area contributed by atoms with Gasteiger partial charge in [-0.1, -0.05) is 25.1 Å². The first-order valence-electron chi connectivity index (χ1n) is 9.74. The van der Waals surface area contributed by atoms with Gasteiger partial charge in [-0.15, -0.1) is 0 Å². The third-order valence-corrected chi connectivity index (χ3v) is 4.58. The van der Waals surface area contributed by atoms with Gasteiger partial charge in [-0.3, -0.25) is 4.79 Å². The summed E-state index contributed by atoms with van der Waals surface area (Å²) in [6.45, 7) is 2.19. The van der Waals surface area contributed by atoms with Crippen molar-refractivity contribution in [3.05, 3.63) is 72.3 Å². The van der Waals surface area contributed by atoms with Gasteiger partial charge in [0.15, 0.2) is 11.5 Å². The summed E-state index contributed by atoms with van der Waals surface area (Å²) in [4.78, 5) is 12.4. The van der Waals surface area contributed by atoms with Crippen molar-refractivity contribution in [3.8, 4) is 23.0 Å². The van der Waals surface area contributed by atoms with Gasteiger partial charge in [0, 0.05) is 17.4 Å². The van der Waals surface area contributed by atoms with Gasteiger partial charge in [0.1, 0.15) is 11.5 Å². The van der Waals surface area contributed by atoms with Gasteiger partial charge < -0.3 is 24.8 Å². The number of hydrogen-bond donors (Lipinski definition) is 2. The normalized spacial score (nSPS) is 10.2. The van der Waals surface area contributed by atoms with Crippen LogP contribution in [0.15, 0.2) is 66.7 Å². The summed E-state index contributed by atoms with van der Waals surface area (Å²) in [5, 5.41) is 6.08. The maximum atomic E-state index is 12.4. The molecule has 3 aromatic rings. The Bertz CT molecular complexity index is 987. The van der Waals surface area contributed by atoms with Gasteiger partial charge in [-0.05, 0) is 54.4 Å². The van der Waals surface area contributed by atoms with E-state index in [0.717, 1.165) is 29.1 Å². The quantitative estimate of drug-likeness (QED) is 0.517. The molecule has 0 spiro atoms. The Kier molecular flexibility index (Phi) is 7.16. The van der Waals surface area contributed by atoms with Gasteiger partial charge >= 0.3 is 0 Å². The van der Waals surface area contributed by atoms with Crippen molar-refractivity contribution in [2.45, 2.75) is 13.3 Å². The minimum atomic E-state index is -0.121. The van der Waals surface area contributed by atoms with Gasteiger partial charge in [0.25, 0.3) is 0 Å². The first-order valence-corrected chi connectivity index (χ1v) is 9.74. The fraction of sp³-hybridized carbons (Fsp3) is 0.208. The molecule has 6 nitrogen and oxygen atoms in total. The maximum absolute atomic E-state index is 12.4. The van der Waals surface area contributed by atoms with Crippen LogP contribution in [0.4, 0.5) is 11.4 Å². The number of hydrogen-bond acceptors (Lipinski definition) is 5. The molecule has 6 heteroatoms. The molecular weight excluding hydrogens is 380 g/mol. The van der Waals surface area contributed by atoms with Crippen LogP contribution >= 0.6 is 0 Å². The summed E-state index contributed by atoms with van der Waals surface area (Å²) in [6, 6.07) is 20.5. The second-order valence-corrected chi connectivity index (χ2v) is 6.56. The van der Waals surface area contributed by atoms with Crippen LogP contribution in [0.25, 0.3) is 0 Å². The summed E-state index contributed by atoms with van der Waals surface area (Å²) in [5.41, 5.74) is 2.69. The van der Waals surface area contributed by atoms with Gasteiger partial charge in [-0.25, -0.2) is 0 Å². The van der Waals surface area contributed by atoms with Crippen LogP contribution in [0, 0.1) is 0 Å². The molecule has 0 saturated heterocycles. The molecule has 0 aliphatic carbocycles. The second kappa shape index (κ2) is 10.2. The van der Waals surface area contributed by atoms with Crippen LogP contribution in [0.3, 0.4) is 0 Å². The molecule has 156 valence electrons. The van der Waals surface area contributed by atoms with E-state index in [1.807, 2.05) is 54.6 Å². The summed E-state index contributed by atoms with van der Waals surface area (Å²) in [5.74, 6) is 2.42. The number of amides is 1. The van der Waals surface area contributed by atoms with Crippen molar-refractivity contribution < 1.29 is 19.0 Å². The Hall–Kier alpha value is -3.67. The number of carbonyl (C=O) groups is 1. The molecule has 0 heterocycles. The molecule has 3 rings (SSSR count). The third kappa shape index (κ3) is 5.44. The monoisotopic (exact) mass is 406 g/mol. The van der Waals surface area contributed by atoms with Crippen LogP contribution in [0.5, 0.6) is 23.0 Å². The Labute approximate surface area is 176 Å². The lowest BCUT2D eigenvalue weighted by molar-refractivity contribution is -0.114. The zero-order chi connectivity index (χ0) is 21.3. The number of nitrogens with one attached hydrogen (secondary N) is 2. The predicted octanol–water partition coefficient (Wildman–Crippen LogP) is 5.11. The van der Waals surface area contributed by atoms with Gasteiger partial charge in [-0.2, -0.15) is 0 Å². The van der Waals surface area contributed by atoms with Gasteiger partial charge in [0.2, 0.25) is 5.91 Å². The summed E-state index contributed by atoms with van der Waals surface area (Å²) in [7, 11) is 3.20. The Morgan fingerprint density at radius 1 is 0.867 bits per heavy atom. The lowest BCUT2D eigenvalue weighted by Gasteiger charge is -2.14. The fourth-order valence-electron chi connectivity index (χ4n) is 2.96. The number of ether oxygens (including phenoxy) is 3. The van der Waals surface area contributed by atoms with E-state index in [0.29, 0.717) is 17.2 Å². The summed E-state index contributed by atoms with van der Waals surface area (Å²) in [6.07, 6.45) is 0.856. The van der Waals surface area contributed by atoms with Gasteiger partial charge in [0.05, 0.1) is 20.8 Å². The van der Waals surface area contributed by atoms with Crippen molar-refractivity contribution in [1.29, 1.82) is 0 Å². The zero-order valence-electron chi connectivity index (χ0n) is 17.4. The third-order valence-electron chi connectivity index (χ3n) is 4.58. The van der Waals surface area contributed by atoms with Crippen molar-refractivity contribution in [2.24, 2.45) is 0 Å². The second-order valence-electron chi connectivity index (χ2n) is 6.56. The predicted molar refractivity (Wildman–Crippen MR) is 119 cm³/mol. The Morgan fingerprint density at radius 2 is 1.60 bits per heavy atom. The van der Waals surface area contributed by atoms with Crippen LogP contribution in [0.1, 0.15) is 12.5 Å². The first kappa shape index (κ1) is 21.0. The highest BCUT2D eigenvalue weighted by atomic mass is 16.5. The molecule has 0 saturated carbocycles. The molecule has 0 atom stereocenters. The lowest BCUT2D eigenvalue weighted by Crippen LogP contribution is -2.22. The number of aryl methyl sites for hydroxylation is 1. The van der Waals surface area contributed by atoms with Crippen LogP contribution in [-0.2, 0) is 11.2 Å². The van der Waals surface area contributed by atoms with E-state index < -0.39 is 0 Å². The standard InChI is InChI=1S/C24H26N2O4/c1-4-17-7-5-6-8-21(17)26-24(27)16-25-18-9-14-22(29-3)23(15-18)30-20-12-10-19(28-2)11-13-20/h5-15,25H,4,16H2,1-3H3,(H,26,27). The number of methoxy groups -OCH3 is 2. The lowest BCUT2D eigenvalue weighted by atomic mass is 10.1. The van der Waals surface area contributed by atoms with E-state index in [9.17, 15) is 4.79 Å². The van der Waals surface area contributed by atoms with E-state index in [1.165, 1.54) is 0 Å². The van der Waals surface area contributed by atoms with Crippen molar-refractivity contribution in [2.75, 3.05) is 31.4 Å². The van der Waals surface area contributed by atoms with E-state index in [-0.39, 0.29) is 12.5 Å². The molecule has 0 aromatic heterocycles. The van der Waals surface area contributed by atoms with E-state index >= 15 is 0 Å². The van der Waals surface area contributed by atoms with E-state index in [4.69, 9.17) is 14.2 Å². The highest BCUT2D eigenvalue weighted by molar-refractivity contribution is 5.94. The smallest absolute Gasteiger partial charge is 0.243 e. The maximum Gasteiger partial charge on any atom is 0.243 e. The number of rotatable bonds is 9. The minimum absolute atomic E-state index is 0.121. The topological polar surface area (TPSA) is 68.8 Å². The van der Waals surface area contributed by atoms with E-state index in [1.54, 1.807) is 26.4 Å². The van der Waals surface area contributed by atoms with Crippen LogP contribution in [-0.4, -0.2) is 26.7 Å². The molecule has 0 aliphatic rings. The molecule has 3 aromatic carbocycles. The highest BCUT2D eigenvalue weighted by Crippen LogP contribution is 2.34. The molecule has 0 bridgehead atoms. The summed E-state index contributed by atoms with van der Waals surface area (Å²) >= 11 is 0. The molecule has 0 fully saturated rings. The molecule has 0 unspecified atom stereocenters.